The smallest absolute Gasteiger partial charge is 0.0951 e. The van der Waals surface area contributed by atoms with Crippen LogP contribution in [0.4, 0.5) is 0 Å². The van der Waals surface area contributed by atoms with Gasteiger partial charge >= 0.3 is 0 Å². The second-order valence-corrected chi connectivity index (χ2v) is 3.16. The second kappa shape index (κ2) is 2.34. The van der Waals surface area contributed by atoms with Crippen molar-refractivity contribution in [1.82, 2.24) is 9.55 Å². The number of nitrogens with zero attached hydrogens (tertiary/aromatic N) is 2. The number of hydrogen-bond acceptors (Lipinski definition) is 2. The van der Waals surface area contributed by atoms with Gasteiger partial charge in [-0.05, 0) is 19.8 Å². The SMILES string of the molecule is Cc1ncn2c1C(N)CCC2. The summed E-state index contributed by atoms with van der Waals surface area (Å²) in [7, 11) is 0. The van der Waals surface area contributed by atoms with Crippen LogP contribution in [0.5, 0.6) is 0 Å². The fourth-order valence-electron chi connectivity index (χ4n) is 1.77. The molecule has 3 nitrogen and oxygen atoms in total. The second-order valence-electron chi connectivity index (χ2n) is 3.16. The minimum absolute atomic E-state index is 0.214. The predicted molar refractivity (Wildman–Crippen MR) is 43.1 cm³/mol. The summed E-state index contributed by atoms with van der Waals surface area (Å²) in [6, 6.07) is 0.214. The molecule has 0 aromatic carbocycles. The first-order chi connectivity index (χ1) is 5.29. The maximum Gasteiger partial charge on any atom is 0.0951 e. The molecule has 0 saturated heterocycles. The third-order valence-electron chi connectivity index (χ3n) is 2.34. The van der Waals surface area contributed by atoms with Crippen LogP contribution in [0.1, 0.15) is 30.3 Å². The summed E-state index contributed by atoms with van der Waals surface area (Å²) in [6.07, 6.45) is 4.18. The largest absolute Gasteiger partial charge is 0.333 e. The van der Waals surface area contributed by atoms with Gasteiger partial charge in [0.1, 0.15) is 0 Å². The number of aromatic nitrogens is 2. The zero-order valence-corrected chi connectivity index (χ0v) is 6.75. The molecular weight excluding hydrogens is 138 g/mol. The molecule has 0 saturated carbocycles. The van der Waals surface area contributed by atoms with Crippen LogP contribution in [0.2, 0.25) is 0 Å². The van der Waals surface area contributed by atoms with Gasteiger partial charge in [-0.3, -0.25) is 0 Å². The van der Waals surface area contributed by atoms with E-state index in [0.29, 0.717) is 0 Å². The van der Waals surface area contributed by atoms with Gasteiger partial charge in [0, 0.05) is 12.6 Å². The Kier molecular flexibility index (Phi) is 1.46. The molecule has 0 spiro atoms. The van der Waals surface area contributed by atoms with Crippen LogP contribution in [-0.4, -0.2) is 9.55 Å². The first-order valence-corrected chi connectivity index (χ1v) is 4.06. The van der Waals surface area contributed by atoms with E-state index in [4.69, 9.17) is 5.73 Å². The number of hydrogen-bond donors (Lipinski definition) is 1. The third-order valence-corrected chi connectivity index (χ3v) is 2.34. The number of rotatable bonds is 0. The molecule has 2 N–H and O–H groups in total. The lowest BCUT2D eigenvalue weighted by atomic mass is 10.0. The van der Waals surface area contributed by atoms with Crippen molar-refractivity contribution in [1.29, 1.82) is 0 Å². The summed E-state index contributed by atoms with van der Waals surface area (Å²) in [5.41, 5.74) is 8.26. The molecule has 1 unspecified atom stereocenters. The van der Waals surface area contributed by atoms with Gasteiger partial charge in [-0.25, -0.2) is 4.98 Å². The monoisotopic (exact) mass is 151 g/mol. The van der Waals surface area contributed by atoms with E-state index in [9.17, 15) is 0 Å². The molecule has 1 atom stereocenters. The average molecular weight is 151 g/mol. The van der Waals surface area contributed by atoms with Gasteiger partial charge in [0.25, 0.3) is 0 Å². The van der Waals surface area contributed by atoms with E-state index in [1.54, 1.807) is 0 Å². The maximum atomic E-state index is 5.93. The number of fused-ring (bicyclic) bond motifs is 1. The molecule has 2 heterocycles. The average Bonchev–Trinajstić information content (AvgIpc) is 2.34. The molecule has 0 aliphatic carbocycles. The van der Waals surface area contributed by atoms with Crippen molar-refractivity contribution in [2.24, 2.45) is 5.73 Å². The van der Waals surface area contributed by atoms with Crippen LogP contribution in [0.25, 0.3) is 0 Å². The number of imidazole rings is 1. The first-order valence-electron chi connectivity index (χ1n) is 4.06. The van der Waals surface area contributed by atoms with E-state index in [1.165, 1.54) is 12.1 Å². The van der Waals surface area contributed by atoms with Crippen molar-refractivity contribution in [3.63, 3.8) is 0 Å². The quantitative estimate of drug-likeness (QED) is 0.600. The molecule has 11 heavy (non-hydrogen) atoms. The van der Waals surface area contributed by atoms with Crippen molar-refractivity contribution in [3.8, 4) is 0 Å². The van der Waals surface area contributed by atoms with Crippen molar-refractivity contribution in [2.45, 2.75) is 32.4 Å². The number of nitrogens with two attached hydrogens (primary N) is 1. The summed E-state index contributed by atoms with van der Waals surface area (Å²) < 4.78 is 2.17. The fraction of sp³-hybridized carbons (Fsp3) is 0.625. The molecule has 0 bridgehead atoms. The summed E-state index contributed by atoms with van der Waals surface area (Å²) in [6.45, 7) is 3.11. The molecule has 2 rings (SSSR count). The normalized spacial score (nSPS) is 23.3. The Morgan fingerprint density at radius 2 is 2.55 bits per heavy atom. The Morgan fingerprint density at radius 3 is 3.27 bits per heavy atom. The zero-order chi connectivity index (χ0) is 7.84. The molecule has 60 valence electrons. The van der Waals surface area contributed by atoms with E-state index < -0.39 is 0 Å². The van der Waals surface area contributed by atoms with Gasteiger partial charge < -0.3 is 10.3 Å². The Morgan fingerprint density at radius 1 is 1.73 bits per heavy atom. The van der Waals surface area contributed by atoms with Crippen molar-refractivity contribution < 1.29 is 0 Å². The summed E-state index contributed by atoms with van der Waals surface area (Å²) in [5, 5.41) is 0. The fourth-order valence-corrected chi connectivity index (χ4v) is 1.77. The molecule has 0 amide bonds. The third kappa shape index (κ3) is 0.959. The van der Waals surface area contributed by atoms with Crippen LogP contribution in [-0.2, 0) is 6.54 Å². The van der Waals surface area contributed by atoms with Gasteiger partial charge in [-0.15, -0.1) is 0 Å². The predicted octanol–water partition coefficient (Wildman–Crippen LogP) is 0.985. The Bertz CT molecular complexity index is 264. The molecule has 1 aromatic heterocycles. The van der Waals surface area contributed by atoms with Crippen LogP contribution >= 0.6 is 0 Å². The van der Waals surface area contributed by atoms with Gasteiger partial charge in [0.15, 0.2) is 0 Å². The van der Waals surface area contributed by atoms with E-state index >= 15 is 0 Å². The molecule has 0 radical (unpaired) electrons. The van der Waals surface area contributed by atoms with Gasteiger partial charge in [-0.2, -0.15) is 0 Å². The van der Waals surface area contributed by atoms with Crippen LogP contribution in [0, 0.1) is 6.92 Å². The Hall–Kier alpha value is -0.830. The van der Waals surface area contributed by atoms with Crippen molar-refractivity contribution >= 4 is 0 Å². The summed E-state index contributed by atoms with van der Waals surface area (Å²) >= 11 is 0. The topological polar surface area (TPSA) is 43.8 Å². The summed E-state index contributed by atoms with van der Waals surface area (Å²) in [5.74, 6) is 0. The van der Waals surface area contributed by atoms with Crippen molar-refractivity contribution in [3.05, 3.63) is 17.7 Å². The summed E-state index contributed by atoms with van der Waals surface area (Å²) in [4.78, 5) is 4.23. The van der Waals surface area contributed by atoms with Gasteiger partial charge in [0.05, 0.1) is 17.7 Å². The maximum absolute atomic E-state index is 5.93. The van der Waals surface area contributed by atoms with Crippen molar-refractivity contribution in [2.75, 3.05) is 0 Å². The Labute approximate surface area is 66.2 Å². The Balaban J connectivity index is 2.48. The molecule has 1 aromatic rings. The molecular formula is C8H13N3. The molecule has 3 heteroatoms. The minimum Gasteiger partial charge on any atom is -0.333 e. The van der Waals surface area contributed by atoms with Gasteiger partial charge in [-0.1, -0.05) is 0 Å². The molecule has 1 aliphatic rings. The first kappa shape index (κ1) is 6.85. The minimum atomic E-state index is 0.214. The van der Waals surface area contributed by atoms with Crippen LogP contribution < -0.4 is 5.73 Å². The lowest BCUT2D eigenvalue weighted by Crippen LogP contribution is -2.21. The lowest BCUT2D eigenvalue weighted by molar-refractivity contribution is 0.461. The molecule has 0 fully saturated rings. The highest BCUT2D eigenvalue weighted by atomic mass is 15.1. The van der Waals surface area contributed by atoms with E-state index in [-0.39, 0.29) is 6.04 Å². The highest BCUT2D eigenvalue weighted by molar-refractivity contribution is 5.16. The van der Waals surface area contributed by atoms with E-state index in [2.05, 4.69) is 9.55 Å². The van der Waals surface area contributed by atoms with E-state index in [1.807, 2.05) is 13.3 Å². The number of aryl methyl sites for hydroxylation is 2. The van der Waals surface area contributed by atoms with E-state index in [0.717, 1.165) is 18.7 Å². The zero-order valence-electron chi connectivity index (χ0n) is 6.75. The van der Waals surface area contributed by atoms with Crippen LogP contribution in [0.15, 0.2) is 6.33 Å². The highest BCUT2D eigenvalue weighted by Crippen LogP contribution is 2.24. The van der Waals surface area contributed by atoms with Crippen LogP contribution in [0.3, 0.4) is 0 Å². The molecule has 1 aliphatic heterocycles. The van der Waals surface area contributed by atoms with Gasteiger partial charge in [0.2, 0.25) is 0 Å². The standard InChI is InChI=1S/C8H13N3/c1-6-8-7(9)3-2-4-11(8)5-10-6/h5,7H,2-4,9H2,1H3. The lowest BCUT2D eigenvalue weighted by Gasteiger charge is -2.21. The highest BCUT2D eigenvalue weighted by Gasteiger charge is 2.18.